The first-order valence-corrected chi connectivity index (χ1v) is 8.65. The number of rotatable bonds is 2. The van der Waals surface area contributed by atoms with Gasteiger partial charge in [0.05, 0.1) is 0 Å². The molecule has 2 aliphatic rings. The summed E-state index contributed by atoms with van der Waals surface area (Å²) < 4.78 is 1.99. The van der Waals surface area contributed by atoms with E-state index in [0.29, 0.717) is 5.92 Å². The molecule has 0 unspecified atom stereocenters. The van der Waals surface area contributed by atoms with Crippen LogP contribution in [0.2, 0.25) is 0 Å². The van der Waals surface area contributed by atoms with Crippen LogP contribution in [-0.2, 0) is 13.5 Å². The molecule has 24 heavy (non-hydrogen) atoms. The predicted octanol–water partition coefficient (Wildman–Crippen LogP) is 2.79. The van der Waals surface area contributed by atoms with E-state index in [1.165, 1.54) is 11.1 Å². The molecule has 1 aliphatic carbocycles. The molecule has 1 aromatic carbocycles. The van der Waals surface area contributed by atoms with E-state index in [9.17, 15) is 4.79 Å². The number of fused-ring (bicyclic) bond motifs is 1. The van der Waals surface area contributed by atoms with Gasteiger partial charge < -0.3 is 9.47 Å². The van der Waals surface area contributed by atoms with E-state index in [1.807, 2.05) is 22.6 Å². The lowest BCUT2D eigenvalue weighted by molar-refractivity contribution is 0.0710. The highest BCUT2D eigenvalue weighted by atomic mass is 16.2. The van der Waals surface area contributed by atoms with E-state index in [0.717, 1.165) is 50.2 Å². The number of hydrogen-bond acceptors (Lipinski definition) is 3. The molecular weight excluding hydrogens is 300 g/mol. The van der Waals surface area contributed by atoms with Crippen LogP contribution >= 0.6 is 0 Å². The lowest BCUT2D eigenvalue weighted by atomic mass is 9.93. The molecular formula is C19H22N4O. The van der Waals surface area contributed by atoms with E-state index < -0.39 is 0 Å². The third-order valence-electron chi connectivity index (χ3n) is 5.16. The minimum atomic E-state index is 0.156. The Bertz CT molecular complexity index is 784. The zero-order valence-electron chi connectivity index (χ0n) is 14.0. The second-order valence-corrected chi connectivity index (χ2v) is 6.72. The van der Waals surface area contributed by atoms with E-state index in [4.69, 9.17) is 0 Å². The number of hydrogen-bond donors (Lipinski definition) is 0. The molecule has 5 nitrogen and oxygen atoms in total. The Labute approximate surface area is 142 Å². The maximum atomic E-state index is 12.8. The normalized spacial score (nSPS) is 17.8. The number of likely N-dealkylation sites (tertiary alicyclic amines) is 1. The number of carbonyl (C=O) groups is 1. The Kier molecular flexibility index (Phi) is 3.92. The number of aryl methyl sites for hydroxylation is 2. The van der Waals surface area contributed by atoms with Crippen LogP contribution in [0.5, 0.6) is 0 Å². The molecule has 0 radical (unpaired) electrons. The highest BCUT2D eigenvalue weighted by Gasteiger charge is 2.27. The van der Waals surface area contributed by atoms with Crippen LogP contribution < -0.4 is 0 Å². The van der Waals surface area contributed by atoms with Crippen LogP contribution in [0.15, 0.2) is 30.6 Å². The summed E-state index contributed by atoms with van der Waals surface area (Å²) in [5, 5.41) is 8.19. The summed E-state index contributed by atoms with van der Waals surface area (Å²) in [6, 6.07) is 6.12. The summed E-state index contributed by atoms with van der Waals surface area (Å²) in [6.07, 6.45) is 10.1. The monoisotopic (exact) mass is 322 g/mol. The van der Waals surface area contributed by atoms with Gasteiger partial charge in [-0.25, -0.2) is 0 Å². The molecule has 4 rings (SSSR count). The molecule has 1 aromatic heterocycles. The minimum absolute atomic E-state index is 0.156. The zero-order valence-corrected chi connectivity index (χ0v) is 14.0. The van der Waals surface area contributed by atoms with Gasteiger partial charge in [0.15, 0.2) is 0 Å². The van der Waals surface area contributed by atoms with Crippen molar-refractivity contribution in [2.24, 2.45) is 7.05 Å². The Morgan fingerprint density at radius 1 is 1.25 bits per heavy atom. The van der Waals surface area contributed by atoms with Crippen molar-refractivity contribution in [3.63, 3.8) is 0 Å². The molecule has 0 atom stereocenters. The van der Waals surface area contributed by atoms with Crippen molar-refractivity contribution >= 4 is 12.0 Å². The van der Waals surface area contributed by atoms with Crippen molar-refractivity contribution < 1.29 is 4.79 Å². The molecule has 1 saturated heterocycles. The first kappa shape index (κ1) is 15.1. The molecule has 2 aromatic rings. The van der Waals surface area contributed by atoms with Crippen molar-refractivity contribution in [2.75, 3.05) is 13.1 Å². The standard InChI is InChI=1S/C19H22N4O/c1-22-13-20-21-18(22)15-8-10-23(11-9-15)19(24)17-7-6-14-4-2-3-5-16(14)12-17/h2,4,6-7,12-13,15H,3,5,8-11H2,1H3. The number of aromatic nitrogens is 3. The number of nitrogens with zero attached hydrogens (tertiary/aromatic N) is 4. The molecule has 0 saturated carbocycles. The third kappa shape index (κ3) is 2.75. The maximum Gasteiger partial charge on any atom is 0.253 e. The maximum absolute atomic E-state index is 12.8. The number of piperidine rings is 1. The summed E-state index contributed by atoms with van der Waals surface area (Å²) in [7, 11) is 1.98. The van der Waals surface area contributed by atoms with E-state index in [-0.39, 0.29) is 5.91 Å². The van der Waals surface area contributed by atoms with Crippen molar-refractivity contribution in [3.05, 3.63) is 53.1 Å². The molecule has 1 aliphatic heterocycles. The van der Waals surface area contributed by atoms with Crippen LogP contribution in [0.4, 0.5) is 0 Å². The predicted molar refractivity (Wildman–Crippen MR) is 92.7 cm³/mol. The van der Waals surface area contributed by atoms with E-state index >= 15 is 0 Å². The quantitative estimate of drug-likeness (QED) is 0.854. The Morgan fingerprint density at radius 3 is 2.83 bits per heavy atom. The van der Waals surface area contributed by atoms with Crippen molar-refractivity contribution in [2.45, 2.75) is 31.6 Å². The van der Waals surface area contributed by atoms with Gasteiger partial charge in [0.2, 0.25) is 0 Å². The van der Waals surface area contributed by atoms with Crippen molar-refractivity contribution in [1.82, 2.24) is 19.7 Å². The van der Waals surface area contributed by atoms with E-state index in [2.05, 4.69) is 34.5 Å². The van der Waals surface area contributed by atoms with Crippen LogP contribution in [0.1, 0.15) is 52.5 Å². The average Bonchev–Trinajstić information content (AvgIpc) is 3.07. The smallest absolute Gasteiger partial charge is 0.253 e. The summed E-state index contributed by atoms with van der Waals surface area (Å²) in [5.74, 6) is 1.58. The first-order valence-electron chi connectivity index (χ1n) is 8.65. The third-order valence-corrected chi connectivity index (χ3v) is 5.16. The van der Waals surface area contributed by atoms with Gasteiger partial charge in [-0.1, -0.05) is 18.2 Å². The average molecular weight is 322 g/mol. The van der Waals surface area contributed by atoms with Gasteiger partial charge in [-0.15, -0.1) is 10.2 Å². The molecule has 5 heteroatoms. The van der Waals surface area contributed by atoms with Gasteiger partial charge in [-0.3, -0.25) is 4.79 Å². The number of allylic oxidation sites excluding steroid dienone is 1. The summed E-state index contributed by atoms with van der Waals surface area (Å²) >= 11 is 0. The fraction of sp³-hybridized carbons (Fsp3) is 0.421. The molecule has 1 fully saturated rings. The zero-order chi connectivity index (χ0) is 16.5. The lowest BCUT2D eigenvalue weighted by Gasteiger charge is -2.31. The topological polar surface area (TPSA) is 51.0 Å². The molecule has 2 heterocycles. The van der Waals surface area contributed by atoms with Crippen LogP contribution in [0.3, 0.4) is 0 Å². The van der Waals surface area contributed by atoms with E-state index in [1.54, 1.807) is 6.33 Å². The Hall–Kier alpha value is -2.43. The molecule has 0 bridgehead atoms. The van der Waals surface area contributed by atoms with Gasteiger partial charge in [-0.2, -0.15) is 0 Å². The molecule has 0 N–H and O–H groups in total. The van der Waals surface area contributed by atoms with Gasteiger partial charge >= 0.3 is 0 Å². The minimum Gasteiger partial charge on any atom is -0.339 e. The second-order valence-electron chi connectivity index (χ2n) is 6.72. The lowest BCUT2D eigenvalue weighted by Crippen LogP contribution is -2.38. The molecule has 1 amide bonds. The highest BCUT2D eigenvalue weighted by Crippen LogP contribution is 2.27. The van der Waals surface area contributed by atoms with Crippen LogP contribution in [0, 0.1) is 0 Å². The number of carbonyl (C=O) groups excluding carboxylic acids is 1. The highest BCUT2D eigenvalue weighted by molar-refractivity contribution is 5.94. The second kappa shape index (κ2) is 6.23. The van der Waals surface area contributed by atoms with Crippen molar-refractivity contribution in [1.29, 1.82) is 0 Å². The van der Waals surface area contributed by atoms with Gasteiger partial charge in [-0.05, 0) is 48.9 Å². The first-order chi connectivity index (χ1) is 11.7. The molecule has 124 valence electrons. The SMILES string of the molecule is Cn1cnnc1C1CCN(C(=O)c2ccc3c(c2)CCC=C3)CC1. The molecule has 0 spiro atoms. The van der Waals surface area contributed by atoms with Crippen LogP contribution in [-0.4, -0.2) is 38.7 Å². The Morgan fingerprint density at radius 2 is 2.08 bits per heavy atom. The van der Waals surface area contributed by atoms with Crippen LogP contribution in [0.25, 0.3) is 6.08 Å². The van der Waals surface area contributed by atoms with Gasteiger partial charge in [0.25, 0.3) is 5.91 Å². The Balaban J connectivity index is 1.45. The van der Waals surface area contributed by atoms with Gasteiger partial charge in [0, 0.05) is 31.6 Å². The number of benzene rings is 1. The summed E-state index contributed by atoms with van der Waals surface area (Å²) in [4.78, 5) is 14.8. The summed E-state index contributed by atoms with van der Waals surface area (Å²) in [5.41, 5.74) is 3.36. The summed E-state index contributed by atoms with van der Waals surface area (Å²) in [6.45, 7) is 1.57. The fourth-order valence-corrected chi connectivity index (χ4v) is 3.75. The van der Waals surface area contributed by atoms with Crippen molar-refractivity contribution in [3.8, 4) is 0 Å². The van der Waals surface area contributed by atoms with Gasteiger partial charge in [0.1, 0.15) is 12.2 Å². The number of amides is 1. The largest absolute Gasteiger partial charge is 0.339 e. The fourth-order valence-electron chi connectivity index (χ4n) is 3.75.